The molecule has 1 atom stereocenters. The molecule has 4 rings (SSSR count). The Kier molecular flexibility index (Phi) is 4.17. The molecule has 2 aliphatic rings. The number of hydrogen-bond donors (Lipinski definition) is 0. The molecule has 2 fully saturated rings. The van der Waals surface area contributed by atoms with Gasteiger partial charge in [-0.05, 0) is 12.5 Å². The van der Waals surface area contributed by atoms with Gasteiger partial charge in [-0.25, -0.2) is 15.0 Å². The fraction of sp³-hybridized carbons (Fsp3) is 0.500. The molecular weight excluding hydrogens is 318 g/mol. The fourth-order valence-electron chi connectivity index (χ4n) is 3.50. The van der Waals surface area contributed by atoms with Crippen LogP contribution in [0.25, 0.3) is 0 Å². The number of ether oxygens (including phenoxy) is 2. The van der Waals surface area contributed by atoms with E-state index < -0.39 is 0 Å². The van der Waals surface area contributed by atoms with Crippen molar-refractivity contribution in [3.05, 3.63) is 36.8 Å². The van der Waals surface area contributed by atoms with Gasteiger partial charge < -0.3 is 19.3 Å². The summed E-state index contributed by atoms with van der Waals surface area (Å²) in [7, 11) is 3.96. The van der Waals surface area contributed by atoms with Crippen LogP contribution in [0.3, 0.4) is 0 Å². The maximum absolute atomic E-state index is 6.11. The van der Waals surface area contributed by atoms with Crippen LogP contribution in [0.15, 0.2) is 36.8 Å². The SMILES string of the molecule is CN(C)c1cc(N2CC3(C2)OCC[C@H]3COc2ccccn2)ncn1. The topological polar surface area (TPSA) is 63.6 Å². The summed E-state index contributed by atoms with van der Waals surface area (Å²) in [6.45, 7) is 3.11. The zero-order valence-electron chi connectivity index (χ0n) is 14.6. The van der Waals surface area contributed by atoms with E-state index in [0.29, 0.717) is 18.4 Å². The molecule has 25 heavy (non-hydrogen) atoms. The molecule has 0 saturated carbocycles. The maximum Gasteiger partial charge on any atom is 0.213 e. The third kappa shape index (κ3) is 3.11. The largest absolute Gasteiger partial charge is 0.477 e. The van der Waals surface area contributed by atoms with Crippen LogP contribution in [-0.4, -0.2) is 61.0 Å². The average molecular weight is 341 g/mol. The summed E-state index contributed by atoms with van der Waals surface area (Å²) in [5.74, 6) is 2.91. The molecule has 0 aromatic carbocycles. The van der Waals surface area contributed by atoms with Crippen LogP contribution in [0.4, 0.5) is 11.6 Å². The van der Waals surface area contributed by atoms with Crippen molar-refractivity contribution in [3.63, 3.8) is 0 Å². The van der Waals surface area contributed by atoms with E-state index in [1.54, 1.807) is 12.5 Å². The van der Waals surface area contributed by atoms with Crippen molar-refractivity contribution >= 4 is 11.6 Å². The Bertz CT molecular complexity index is 718. The molecule has 2 aromatic heterocycles. The van der Waals surface area contributed by atoms with E-state index in [1.807, 2.05) is 43.3 Å². The van der Waals surface area contributed by atoms with Crippen molar-refractivity contribution in [2.24, 2.45) is 5.92 Å². The number of pyridine rings is 1. The van der Waals surface area contributed by atoms with Gasteiger partial charge in [-0.1, -0.05) is 6.07 Å². The highest BCUT2D eigenvalue weighted by atomic mass is 16.5. The third-order valence-electron chi connectivity index (χ3n) is 5.01. The van der Waals surface area contributed by atoms with E-state index in [0.717, 1.165) is 37.8 Å². The number of aromatic nitrogens is 3. The van der Waals surface area contributed by atoms with Crippen LogP contribution in [0, 0.1) is 5.92 Å². The zero-order valence-corrected chi connectivity index (χ0v) is 14.6. The summed E-state index contributed by atoms with van der Waals surface area (Å²) in [5.41, 5.74) is -0.127. The Balaban J connectivity index is 1.39. The highest BCUT2D eigenvalue weighted by molar-refractivity contribution is 5.52. The minimum Gasteiger partial charge on any atom is -0.477 e. The monoisotopic (exact) mass is 341 g/mol. The zero-order chi connectivity index (χ0) is 17.3. The van der Waals surface area contributed by atoms with Crippen LogP contribution < -0.4 is 14.5 Å². The van der Waals surface area contributed by atoms with Gasteiger partial charge in [-0.3, -0.25) is 0 Å². The first-order valence-corrected chi connectivity index (χ1v) is 8.58. The van der Waals surface area contributed by atoms with Crippen molar-refractivity contribution in [1.82, 2.24) is 15.0 Å². The van der Waals surface area contributed by atoms with Crippen LogP contribution in [-0.2, 0) is 4.74 Å². The van der Waals surface area contributed by atoms with Gasteiger partial charge in [0.15, 0.2) is 0 Å². The van der Waals surface area contributed by atoms with E-state index in [-0.39, 0.29) is 5.60 Å². The Hall–Kier alpha value is -2.41. The number of hydrogen-bond acceptors (Lipinski definition) is 7. The molecule has 0 unspecified atom stereocenters. The molecule has 7 nitrogen and oxygen atoms in total. The highest BCUT2D eigenvalue weighted by Crippen LogP contribution is 2.41. The van der Waals surface area contributed by atoms with Crippen molar-refractivity contribution in [3.8, 4) is 5.88 Å². The minimum absolute atomic E-state index is 0.127. The Morgan fingerprint density at radius 3 is 2.92 bits per heavy atom. The molecule has 4 heterocycles. The lowest BCUT2D eigenvalue weighted by Crippen LogP contribution is -2.65. The van der Waals surface area contributed by atoms with Gasteiger partial charge in [-0.2, -0.15) is 0 Å². The molecule has 7 heteroatoms. The maximum atomic E-state index is 6.11. The molecular formula is C18H23N5O2. The lowest BCUT2D eigenvalue weighted by atomic mass is 9.81. The van der Waals surface area contributed by atoms with Crippen molar-refractivity contribution in [1.29, 1.82) is 0 Å². The van der Waals surface area contributed by atoms with Gasteiger partial charge in [0, 0.05) is 44.9 Å². The van der Waals surface area contributed by atoms with E-state index in [2.05, 4.69) is 19.9 Å². The standard InChI is InChI=1S/C18H23N5O2/c1-22(2)15-9-16(21-13-20-15)23-11-18(12-23)14(6-8-25-18)10-24-17-5-3-4-7-19-17/h3-5,7,9,13-14H,6,8,10-12H2,1-2H3/t14-/m0/s1. The van der Waals surface area contributed by atoms with Gasteiger partial charge in [0.1, 0.15) is 23.6 Å². The fourth-order valence-corrected chi connectivity index (χ4v) is 3.50. The van der Waals surface area contributed by atoms with Gasteiger partial charge in [0.05, 0.1) is 19.7 Å². The summed E-state index contributed by atoms with van der Waals surface area (Å²) in [5, 5.41) is 0. The van der Waals surface area contributed by atoms with Crippen molar-refractivity contribution < 1.29 is 9.47 Å². The van der Waals surface area contributed by atoms with Crippen molar-refractivity contribution in [2.45, 2.75) is 12.0 Å². The van der Waals surface area contributed by atoms with Crippen LogP contribution in [0.5, 0.6) is 5.88 Å². The Morgan fingerprint density at radius 1 is 1.28 bits per heavy atom. The van der Waals surface area contributed by atoms with E-state index in [1.165, 1.54) is 0 Å². The Morgan fingerprint density at radius 2 is 2.16 bits per heavy atom. The van der Waals surface area contributed by atoms with Gasteiger partial charge in [0.2, 0.25) is 5.88 Å². The second kappa shape index (κ2) is 6.48. The van der Waals surface area contributed by atoms with E-state index >= 15 is 0 Å². The molecule has 0 N–H and O–H groups in total. The molecule has 0 bridgehead atoms. The number of anilines is 2. The predicted octanol–water partition coefficient (Wildman–Crippen LogP) is 1.61. The second-order valence-electron chi connectivity index (χ2n) is 6.86. The lowest BCUT2D eigenvalue weighted by Gasteiger charge is -2.50. The molecule has 0 aliphatic carbocycles. The molecule has 0 amide bonds. The smallest absolute Gasteiger partial charge is 0.213 e. The van der Waals surface area contributed by atoms with Crippen LogP contribution >= 0.6 is 0 Å². The van der Waals surface area contributed by atoms with Crippen molar-refractivity contribution in [2.75, 3.05) is 50.2 Å². The summed E-state index contributed by atoms with van der Waals surface area (Å²) in [6, 6.07) is 7.73. The molecule has 2 aliphatic heterocycles. The lowest BCUT2D eigenvalue weighted by molar-refractivity contribution is -0.0529. The molecule has 1 spiro atoms. The van der Waals surface area contributed by atoms with E-state index in [4.69, 9.17) is 9.47 Å². The summed E-state index contributed by atoms with van der Waals surface area (Å²) >= 11 is 0. The summed E-state index contributed by atoms with van der Waals surface area (Å²) < 4.78 is 12.0. The summed E-state index contributed by atoms with van der Waals surface area (Å²) in [6.07, 6.45) is 4.39. The normalized spacial score (nSPS) is 21.2. The first-order chi connectivity index (χ1) is 12.2. The van der Waals surface area contributed by atoms with Gasteiger partial charge in [-0.15, -0.1) is 0 Å². The summed E-state index contributed by atoms with van der Waals surface area (Å²) in [4.78, 5) is 17.1. The molecule has 132 valence electrons. The van der Waals surface area contributed by atoms with Crippen LogP contribution in [0.1, 0.15) is 6.42 Å². The molecule has 0 radical (unpaired) electrons. The first kappa shape index (κ1) is 16.1. The predicted molar refractivity (Wildman–Crippen MR) is 95.1 cm³/mol. The average Bonchev–Trinajstić information content (AvgIpc) is 3.03. The minimum atomic E-state index is -0.127. The second-order valence-corrected chi connectivity index (χ2v) is 6.86. The van der Waals surface area contributed by atoms with Gasteiger partial charge >= 0.3 is 0 Å². The first-order valence-electron chi connectivity index (χ1n) is 8.58. The molecule has 2 saturated heterocycles. The van der Waals surface area contributed by atoms with Gasteiger partial charge in [0.25, 0.3) is 0 Å². The van der Waals surface area contributed by atoms with Crippen LogP contribution in [0.2, 0.25) is 0 Å². The highest BCUT2D eigenvalue weighted by Gasteiger charge is 2.53. The number of nitrogens with zero attached hydrogens (tertiary/aromatic N) is 5. The van der Waals surface area contributed by atoms with E-state index in [9.17, 15) is 0 Å². The molecule has 2 aromatic rings. The third-order valence-corrected chi connectivity index (χ3v) is 5.01. The quantitative estimate of drug-likeness (QED) is 0.819. The Labute approximate surface area is 147 Å². The number of rotatable bonds is 5.